The summed E-state index contributed by atoms with van der Waals surface area (Å²) in [7, 11) is 1.76. The van der Waals surface area contributed by atoms with Gasteiger partial charge in [0, 0.05) is 44.9 Å². The lowest BCUT2D eigenvalue weighted by Gasteiger charge is -2.22. The van der Waals surface area contributed by atoms with Crippen LogP contribution in [0.3, 0.4) is 0 Å². The number of para-hydroxylation sites is 1. The van der Waals surface area contributed by atoms with Crippen LogP contribution in [0.4, 0.5) is 5.69 Å². The van der Waals surface area contributed by atoms with Crippen molar-refractivity contribution in [3.8, 4) is 0 Å². The Labute approximate surface area is 197 Å². The van der Waals surface area contributed by atoms with E-state index in [1.54, 1.807) is 48.5 Å². The van der Waals surface area contributed by atoms with Gasteiger partial charge in [0.2, 0.25) is 0 Å². The van der Waals surface area contributed by atoms with Gasteiger partial charge in [-0.1, -0.05) is 12.1 Å². The molecule has 0 spiro atoms. The molecule has 1 N–H and O–H groups in total. The average molecular weight is 458 g/mol. The number of hydrogen-bond acceptors (Lipinski definition) is 5. The largest absolute Gasteiger partial charge is 0.339 e. The summed E-state index contributed by atoms with van der Waals surface area (Å²) in [5.74, 6) is 0.0695. The molecule has 1 fully saturated rings. The van der Waals surface area contributed by atoms with Crippen LogP contribution < -0.4 is 5.32 Å². The van der Waals surface area contributed by atoms with Gasteiger partial charge in [0.1, 0.15) is 0 Å². The van der Waals surface area contributed by atoms with Gasteiger partial charge in [0.15, 0.2) is 11.3 Å². The first-order valence-corrected chi connectivity index (χ1v) is 11.5. The number of benzene rings is 1. The molecule has 34 heavy (non-hydrogen) atoms. The van der Waals surface area contributed by atoms with Crippen LogP contribution in [0.2, 0.25) is 0 Å². The number of nitrogens with one attached hydrogen (secondary N) is 1. The predicted molar refractivity (Wildman–Crippen MR) is 128 cm³/mol. The van der Waals surface area contributed by atoms with E-state index in [0.29, 0.717) is 36.0 Å². The monoisotopic (exact) mass is 457 g/mol. The van der Waals surface area contributed by atoms with E-state index in [4.69, 9.17) is 0 Å². The second-order valence-electron chi connectivity index (χ2n) is 8.74. The minimum absolute atomic E-state index is 0.0597. The van der Waals surface area contributed by atoms with Crippen LogP contribution >= 0.6 is 0 Å². The first-order chi connectivity index (χ1) is 16.6. The van der Waals surface area contributed by atoms with Crippen molar-refractivity contribution in [3.63, 3.8) is 0 Å². The molecule has 3 aromatic heterocycles. The number of aryl methyl sites for hydroxylation is 1. The third-order valence-electron chi connectivity index (χ3n) is 6.32. The summed E-state index contributed by atoms with van der Waals surface area (Å²) in [5, 5.41) is 6.99. The Morgan fingerprint density at radius 1 is 1.09 bits per heavy atom. The number of imidazole rings is 1. The van der Waals surface area contributed by atoms with E-state index in [0.717, 1.165) is 37.0 Å². The zero-order valence-corrected chi connectivity index (χ0v) is 19.1. The molecule has 2 amide bonds. The third kappa shape index (κ3) is 4.68. The van der Waals surface area contributed by atoms with Crippen LogP contribution in [0.15, 0.2) is 61.3 Å². The molecule has 174 valence electrons. The zero-order chi connectivity index (χ0) is 23.5. The van der Waals surface area contributed by atoms with E-state index < -0.39 is 0 Å². The molecule has 0 aliphatic carbocycles. The van der Waals surface area contributed by atoms with Crippen LogP contribution in [0, 0.1) is 5.92 Å². The van der Waals surface area contributed by atoms with Gasteiger partial charge < -0.3 is 14.6 Å². The summed E-state index contributed by atoms with van der Waals surface area (Å²) in [6.45, 7) is 1.38. The van der Waals surface area contributed by atoms with Crippen LogP contribution in [-0.2, 0) is 13.5 Å². The molecular weight excluding hydrogens is 430 g/mol. The number of amides is 2. The van der Waals surface area contributed by atoms with Crippen molar-refractivity contribution in [3.05, 3.63) is 78.3 Å². The number of carbonyl (C=O) groups excluding carboxylic acids is 2. The van der Waals surface area contributed by atoms with Gasteiger partial charge in [-0.3, -0.25) is 19.3 Å². The predicted octanol–water partition coefficient (Wildman–Crippen LogP) is 3.20. The Balaban J connectivity index is 1.25. The third-order valence-corrected chi connectivity index (χ3v) is 6.32. The van der Waals surface area contributed by atoms with Crippen molar-refractivity contribution >= 4 is 23.1 Å². The van der Waals surface area contributed by atoms with E-state index >= 15 is 0 Å². The van der Waals surface area contributed by atoms with E-state index in [9.17, 15) is 9.59 Å². The topological polar surface area (TPSA) is 97.4 Å². The highest BCUT2D eigenvalue weighted by Crippen LogP contribution is 2.24. The fourth-order valence-electron chi connectivity index (χ4n) is 4.51. The van der Waals surface area contributed by atoms with E-state index in [2.05, 4.69) is 20.4 Å². The fourth-order valence-corrected chi connectivity index (χ4v) is 4.51. The maximum Gasteiger partial charge on any atom is 0.276 e. The minimum atomic E-state index is -0.334. The highest BCUT2D eigenvalue weighted by atomic mass is 16.2. The van der Waals surface area contributed by atoms with E-state index in [-0.39, 0.29) is 11.8 Å². The molecule has 4 aromatic rings. The molecule has 9 nitrogen and oxygen atoms in total. The number of hydrogen-bond donors (Lipinski definition) is 1. The molecule has 1 aromatic carbocycles. The van der Waals surface area contributed by atoms with Crippen molar-refractivity contribution in [2.75, 3.05) is 18.4 Å². The van der Waals surface area contributed by atoms with Crippen LogP contribution in [-0.4, -0.2) is 54.0 Å². The standard InChI is InChI=1S/C25H27N7O2/c1-30-12-9-22(29-30)24(33)28-21-7-3-2-6-20(21)25(34)31-11-4-5-18(8-13-31)15-19-17-32-14-10-26-23(32)16-27-19/h2-3,6-7,9-10,12,14,16-18H,4-5,8,11,13,15H2,1H3,(H,28,33)/t18-/m1/s1. The number of anilines is 1. The number of rotatable bonds is 5. The van der Waals surface area contributed by atoms with Crippen LogP contribution in [0.25, 0.3) is 5.65 Å². The van der Waals surface area contributed by atoms with Gasteiger partial charge in [-0.15, -0.1) is 0 Å². The molecule has 5 rings (SSSR count). The normalized spacial score (nSPS) is 16.4. The van der Waals surface area contributed by atoms with Gasteiger partial charge in [-0.05, 0) is 49.8 Å². The average Bonchev–Trinajstić information content (AvgIpc) is 3.43. The van der Waals surface area contributed by atoms with Crippen molar-refractivity contribution in [2.24, 2.45) is 13.0 Å². The van der Waals surface area contributed by atoms with E-state index in [1.807, 2.05) is 33.8 Å². The maximum absolute atomic E-state index is 13.4. The zero-order valence-electron chi connectivity index (χ0n) is 19.1. The highest BCUT2D eigenvalue weighted by Gasteiger charge is 2.24. The van der Waals surface area contributed by atoms with Gasteiger partial charge in [-0.25, -0.2) is 4.98 Å². The molecule has 4 heterocycles. The summed E-state index contributed by atoms with van der Waals surface area (Å²) in [4.78, 5) is 36.7. The van der Waals surface area contributed by atoms with Crippen molar-refractivity contribution in [1.82, 2.24) is 29.0 Å². The summed E-state index contributed by atoms with van der Waals surface area (Å²) >= 11 is 0. The van der Waals surface area contributed by atoms with Gasteiger partial charge in [-0.2, -0.15) is 5.10 Å². The lowest BCUT2D eigenvalue weighted by molar-refractivity contribution is 0.0761. The summed E-state index contributed by atoms with van der Waals surface area (Å²) in [6.07, 6.45) is 13.0. The number of aromatic nitrogens is 5. The summed E-state index contributed by atoms with van der Waals surface area (Å²) in [6, 6.07) is 8.80. The van der Waals surface area contributed by atoms with Crippen LogP contribution in [0.1, 0.15) is 45.8 Å². The Kier molecular flexibility index (Phi) is 6.07. The number of nitrogens with zero attached hydrogens (tertiary/aromatic N) is 6. The Hall–Kier alpha value is -4.01. The maximum atomic E-state index is 13.4. The molecule has 0 unspecified atom stereocenters. The SMILES string of the molecule is Cn1ccc(C(=O)Nc2ccccc2C(=O)N2CCC[C@@H](Cc3cn4ccnc4cn3)CC2)n1. The Morgan fingerprint density at radius 3 is 2.82 bits per heavy atom. The molecule has 1 saturated heterocycles. The number of carbonyl (C=O) groups is 2. The van der Waals surface area contributed by atoms with Crippen molar-refractivity contribution in [2.45, 2.75) is 25.7 Å². The summed E-state index contributed by atoms with van der Waals surface area (Å²) in [5.41, 5.74) is 3.19. The second kappa shape index (κ2) is 9.46. The molecule has 1 atom stereocenters. The first-order valence-electron chi connectivity index (χ1n) is 11.5. The van der Waals surface area contributed by atoms with Crippen molar-refractivity contribution in [1.29, 1.82) is 0 Å². The molecule has 9 heteroatoms. The van der Waals surface area contributed by atoms with E-state index in [1.165, 1.54) is 0 Å². The van der Waals surface area contributed by atoms with Crippen LogP contribution in [0.5, 0.6) is 0 Å². The molecule has 0 bridgehead atoms. The second-order valence-corrected chi connectivity index (χ2v) is 8.74. The number of likely N-dealkylation sites (tertiary alicyclic amines) is 1. The highest BCUT2D eigenvalue weighted by molar-refractivity contribution is 6.08. The van der Waals surface area contributed by atoms with Gasteiger partial charge >= 0.3 is 0 Å². The number of fused-ring (bicyclic) bond motifs is 1. The molecular formula is C25H27N7O2. The Morgan fingerprint density at radius 2 is 1.97 bits per heavy atom. The smallest absolute Gasteiger partial charge is 0.276 e. The minimum Gasteiger partial charge on any atom is -0.339 e. The summed E-state index contributed by atoms with van der Waals surface area (Å²) < 4.78 is 3.56. The molecule has 0 saturated carbocycles. The molecule has 1 aliphatic rings. The van der Waals surface area contributed by atoms with Gasteiger partial charge in [0.25, 0.3) is 11.8 Å². The lowest BCUT2D eigenvalue weighted by atomic mass is 9.95. The fraction of sp³-hybridized carbons (Fsp3) is 0.320. The molecule has 0 radical (unpaired) electrons. The first kappa shape index (κ1) is 21.8. The van der Waals surface area contributed by atoms with Crippen molar-refractivity contribution < 1.29 is 9.59 Å². The lowest BCUT2D eigenvalue weighted by Crippen LogP contribution is -2.33. The molecule has 1 aliphatic heterocycles. The quantitative estimate of drug-likeness (QED) is 0.496. The van der Waals surface area contributed by atoms with Gasteiger partial charge in [0.05, 0.1) is 23.1 Å². The Bertz CT molecular complexity index is 1330.